The van der Waals surface area contributed by atoms with Crippen molar-refractivity contribution >= 4 is 39.0 Å². The molecule has 5 rings (SSSR count). The highest BCUT2D eigenvalue weighted by Crippen LogP contribution is 2.46. The molecular formula is C29H38N4O9S. The summed E-state index contributed by atoms with van der Waals surface area (Å²) in [5, 5.41) is 4.34. The molecule has 4 atom stereocenters. The lowest BCUT2D eigenvalue weighted by Crippen LogP contribution is -2.56. The van der Waals surface area contributed by atoms with Gasteiger partial charge in [-0.1, -0.05) is 13.3 Å². The van der Waals surface area contributed by atoms with Gasteiger partial charge in [0.05, 0.1) is 19.8 Å². The Bertz CT molecular complexity index is 1520. The van der Waals surface area contributed by atoms with Crippen LogP contribution in [0.1, 0.15) is 59.8 Å². The van der Waals surface area contributed by atoms with E-state index in [1.54, 1.807) is 40.1 Å². The second-order valence-electron chi connectivity index (χ2n) is 12.3. The molecule has 13 nitrogen and oxygen atoms in total. The number of hydrogen-bond acceptors (Lipinski definition) is 10. The van der Waals surface area contributed by atoms with Crippen molar-refractivity contribution in [1.29, 1.82) is 0 Å². The van der Waals surface area contributed by atoms with E-state index in [1.165, 1.54) is 4.90 Å². The molecule has 2 aromatic rings. The van der Waals surface area contributed by atoms with Gasteiger partial charge in [-0.25, -0.2) is 14.5 Å². The van der Waals surface area contributed by atoms with Gasteiger partial charge in [-0.3, -0.25) is 18.7 Å². The van der Waals surface area contributed by atoms with E-state index in [0.717, 1.165) is 10.8 Å². The molecule has 43 heavy (non-hydrogen) atoms. The van der Waals surface area contributed by atoms with Crippen molar-refractivity contribution in [3.63, 3.8) is 0 Å². The standard InChI is InChI=1S/C29H38N4O9S/c1-6-18-15-29(18,26(35)32-43(37,38)42-19-7-8-19)31-24(34)23-14-21(16-33(23)27(36)41-28(2,3)4)40-25-22-10-9-20(39-5)13-17(22)11-12-30-25/h9-13,18-19,21,23H,6-8,14-16H2,1-5H3,(H,31,34)(H,32,35)/t18-,21-,23+,29-/m1/s1. The third kappa shape index (κ3) is 6.96. The fourth-order valence-corrected chi connectivity index (χ4v) is 6.35. The largest absolute Gasteiger partial charge is 0.497 e. The highest BCUT2D eigenvalue weighted by atomic mass is 32.2. The summed E-state index contributed by atoms with van der Waals surface area (Å²) in [6.45, 7) is 7.04. The maximum Gasteiger partial charge on any atom is 0.411 e. The summed E-state index contributed by atoms with van der Waals surface area (Å²) in [6.07, 6.45) is 1.90. The zero-order valence-corrected chi connectivity index (χ0v) is 25.7. The number of ether oxygens (including phenoxy) is 3. The first-order valence-electron chi connectivity index (χ1n) is 14.4. The number of rotatable bonds is 10. The van der Waals surface area contributed by atoms with Crippen LogP contribution in [-0.2, 0) is 28.8 Å². The molecule has 1 saturated heterocycles. The first-order chi connectivity index (χ1) is 20.2. The van der Waals surface area contributed by atoms with Gasteiger partial charge in [0.2, 0.25) is 11.8 Å². The molecule has 0 bridgehead atoms. The van der Waals surface area contributed by atoms with Crippen LogP contribution in [0.3, 0.4) is 0 Å². The second-order valence-corrected chi connectivity index (χ2v) is 13.6. The summed E-state index contributed by atoms with van der Waals surface area (Å²) >= 11 is 0. The topological polar surface area (TPSA) is 162 Å². The Morgan fingerprint density at radius 2 is 1.88 bits per heavy atom. The van der Waals surface area contributed by atoms with E-state index in [9.17, 15) is 22.8 Å². The molecule has 0 unspecified atom stereocenters. The van der Waals surface area contributed by atoms with E-state index in [1.807, 2.05) is 29.8 Å². The van der Waals surface area contributed by atoms with Crippen LogP contribution in [0.25, 0.3) is 10.8 Å². The molecule has 234 valence electrons. The summed E-state index contributed by atoms with van der Waals surface area (Å²) in [4.78, 5) is 45.9. The molecule has 1 aromatic carbocycles. The highest BCUT2D eigenvalue weighted by Gasteiger charge is 2.62. The Labute approximate surface area is 250 Å². The predicted octanol–water partition coefficient (Wildman–Crippen LogP) is 2.83. The van der Waals surface area contributed by atoms with Crippen molar-refractivity contribution in [2.75, 3.05) is 13.7 Å². The molecule has 2 saturated carbocycles. The Kier molecular flexibility index (Phi) is 8.20. The Morgan fingerprint density at radius 3 is 2.51 bits per heavy atom. The van der Waals surface area contributed by atoms with Gasteiger partial charge in [0.1, 0.15) is 29.0 Å². The zero-order valence-electron chi connectivity index (χ0n) is 24.9. The van der Waals surface area contributed by atoms with E-state index >= 15 is 0 Å². The normalized spacial score (nSPS) is 25.2. The molecule has 3 amide bonds. The van der Waals surface area contributed by atoms with E-state index in [2.05, 4.69) is 10.3 Å². The minimum absolute atomic E-state index is 0.0290. The molecule has 3 aliphatic rings. The van der Waals surface area contributed by atoms with Gasteiger partial charge >= 0.3 is 16.4 Å². The van der Waals surface area contributed by atoms with Gasteiger partial charge in [0.25, 0.3) is 5.91 Å². The maximum absolute atomic E-state index is 13.8. The zero-order chi connectivity index (χ0) is 31.2. The van der Waals surface area contributed by atoms with E-state index in [4.69, 9.17) is 18.4 Å². The maximum atomic E-state index is 13.8. The molecule has 3 fully saturated rings. The van der Waals surface area contributed by atoms with Crippen LogP contribution in [0.4, 0.5) is 4.79 Å². The molecule has 14 heteroatoms. The average Bonchev–Trinajstić information content (AvgIpc) is 3.83. The lowest BCUT2D eigenvalue weighted by atomic mass is 10.1. The van der Waals surface area contributed by atoms with Crippen LogP contribution in [0, 0.1) is 5.92 Å². The minimum atomic E-state index is -4.33. The van der Waals surface area contributed by atoms with Gasteiger partial charge in [-0.2, -0.15) is 8.42 Å². The summed E-state index contributed by atoms with van der Waals surface area (Å²) < 4.78 is 48.8. The van der Waals surface area contributed by atoms with Crippen LogP contribution < -0.4 is 19.5 Å². The van der Waals surface area contributed by atoms with Crippen LogP contribution in [-0.4, -0.2) is 79.3 Å². The number of likely N-dealkylation sites (tertiary alicyclic amines) is 1. The van der Waals surface area contributed by atoms with Gasteiger partial charge < -0.3 is 19.5 Å². The summed E-state index contributed by atoms with van der Waals surface area (Å²) in [5.74, 6) is -0.751. The van der Waals surface area contributed by atoms with Crippen LogP contribution in [0.15, 0.2) is 30.5 Å². The molecular weight excluding hydrogens is 580 g/mol. The predicted molar refractivity (Wildman–Crippen MR) is 154 cm³/mol. The van der Waals surface area contributed by atoms with Crippen LogP contribution in [0.2, 0.25) is 0 Å². The van der Waals surface area contributed by atoms with Gasteiger partial charge in [0, 0.05) is 18.0 Å². The smallest absolute Gasteiger partial charge is 0.411 e. The number of fused-ring (bicyclic) bond motifs is 1. The van der Waals surface area contributed by atoms with Gasteiger partial charge in [-0.15, -0.1) is 0 Å². The SMILES string of the molecule is CC[C@@H]1C[C@]1(NC(=O)[C@@H]1C[C@@H](Oc2nccc3cc(OC)ccc23)CN1C(=O)OC(C)(C)C)C(=O)NS(=O)(=O)OC1CC1. The summed E-state index contributed by atoms with van der Waals surface area (Å²) in [7, 11) is -2.75. The van der Waals surface area contributed by atoms with Crippen molar-refractivity contribution in [1.82, 2.24) is 19.9 Å². The lowest BCUT2D eigenvalue weighted by molar-refractivity contribution is -0.132. The third-order valence-corrected chi connectivity index (χ3v) is 8.72. The lowest BCUT2D eigenvalue weighted by Gasteiger charge is -2.29. The number of amides is 3. The monoisotopic (exact) mass is 618 g/mol. The van der Waals surface area contributed by atoms with E-state index < -0.39 is 57.6 Å². The fourth-order valence-electron chi connectivity index (χ4n) is 5.35. The first-order valence-corrected chi connectivity index (χ1v) is 15.8. The number of methoxy groups -OCH3 is 1. The van der Waals surface area contributed by atoms with Crippen molar-refractivity contribution in [2.45, 2.75) is 89.2 Å². The molecule has 1 aliphatic heterocycles. The fraction of sp³-hybridized carbons (Fsp3) is 0.586. The number of nitrogens with zero attached hydrogens (tertiary/aromatic N) is 2. The van der Waals surface area contributed by atoms with Crippen LogP contribution >= 0.6 is 0 Å². The number of carbonyl (C=O) groups excluding carboxylic acids is 3. The van der Waals surface area contributed by atoms with E-state index in [0.29, 0.717) is 30.9 Å². The molecule has 0 radical (unpaired) electrons. The van der Waals surface area contributed by atoms with Crippen molar-refractivity contribution < 1.29 is 41.2 Å². The number of pyridine rings is 1. The quantitative estimate of drug-likeness (QED) is 0.405. The first kappa shape index (κ1) is 30.8. The molecule has 2 heterocycles. The molecule has 2 aliphatic carbocycles. The third-order valence-electron chi connectivity index (χ3n) is 7.76. The van der Waals surface area contributed by atoms with Gasteiger partial charge in [-0.05, 0) is 75.6 Å². The van der Waals surface area contributed by atoms with Crippen molar-refractivity contribution in [2.24, 2.45) is 5.92 Å². The molecule has 0 spiro atoms. The highest BCUT2D eigenvalue weighted by molar-refractivity contribution is 7.85. The second kappa shape index (κ2) is 11.5. The summed E-state index contributed by atoms with van der Waals surface area (Å²) in [5.41, 5.74) is -2.27. The Hall–Kier alpha value is -3.65. The van der Waals surface area contributed by atoms with Gasteiger partial charge in [0.15, 0.2) is 0 Å². The average molecular weight is 619 g/mol. The number of hydrogen-bond donors (Lipinski definition) is 2. The number of carbonyl (C=O) groups is 3. The Balaban J connectivity index is 1.36. The molecule has 1 aromatic heterocycles. The minimum Gasteiger partial charge on any atom is -0.497 e. The van der Waals surface area contributed by atoms with Crippen LogP contribution in [0.5, 0.6) is 11.6 Å². The number of nitrogens with one attached hydrogen (secondary N) is 2. The number of aromatic nitrogens is 1. The van der Waals surface area contributed by atoms with Crippen molar-refractivity contribution in [3.05, 3.63) is 30.5 Å². The van der Waals surface area contributed by atoms with Crippen molar-refractivity contribution in [3.8, 4) is 11.6 Å². The Morgan fingerprint density at radius 1 is 1.14 bits per heavy atom. The van der Waals surface area contributed by atoms with E-state index in [-0.39, 0.29) is 25.3 Å². The number of benzene rings is 1. The summed E-state index contributed by atoms with van der Waals surface area (Å²) in [6, 6.07) is 6.24. The molecule has 2 N–H and O–H groups in total.